The molecule has 0 saturated carbocycles. The molecule has 1 heterocycles. The molecule has 0 atom stereocenters. The van der Waals surface area contributed by atoms with E-state index < -0.39 is 11.7 Å². The first-order valence-electron chi connectivity index (χ1n) is 10.1. The number of amides is 1. The van der Waals surface area contributed by atoms with Gasteiger partial charge >= 0.3 is 6.18 Å². The van der Waals surface area contributed by atoms with Gasteiger partial charge < -0.3 is 15.0 Å². The topological polar surface area (TPSA) is 41.6 Å². The van der Waals surface area contributed by atoms with E-state index in [0.717, 1.165) is 22.9 Å². The highest BCUT2D eigenvalue weighted by atomic mass is 19.4. The maximum absolute atomic E-state index is 12.8. The fourth-order valence-corrected chi connectivity index (χ4v) is 3.72. The molecule has 0 bridgehead atoms. The highest BCUT2D eigenvalue weighted by Gasteiger charge is 2.31. The van der Waals surface area contributed by atoms with E-state index in [9.17, 15) is 18.0 Å². The SMILES string of the molecule is CC(C)NC1CN(C(=O)c2ccc3c(Oc4ccc(C(F)(F)F)cc4)cccc3c2)C1. The lowest BCUT2D eigenvalue weighted by Gasteiger charge is -2.40. The van der Waals surface area contributed by atoms with Crippen LogP contribution in [-0.4, -0.2) is 36.0 Å². The van der Waals surface area contributed by atoms with Crippen molar-refractivity contribution < 1.29 is 22.7 Å². The Labute approximate surface area is 178 Å². The van der Waals surface area contributed by atoms with E-state index in [2.05, 4.69) is 19.2 Å². The number of alkyl halides is 3. The van der Waals surface area contributed by atoms with Crippen LogP contribution in [0, 0.1) is 0 Å². The van der Waals surface area contributed by atoms with E-state index in [1.54, 1.807) is 18.2 Å². The number of benzene rings is 3. The number of likely N-dealkylation sites (tertiary alicyclic amines) is 1. The Morgan fingerprint density at radius 1 is 1.06 bits per heavy atom. The molecule has 3 aromatic rings. The molecule has 0 spiro atoms. The maximum Gasteiger partial charge on any atom is 0.416 e. The number of carbonyl (C=O) groups excluding carboxylic acids is 1. The van der Waals surface area contributed by atoms with Crippen molar-refractivity contribution in [1.29, 1.82) is 0 Å². The van der Waals surface area contributed by atoms with Gasteiger partial charge in [-0.1, -0.05) is 26.0 Å². The summed E-state index contributed by atoms with van der Waals surface area (Å²) < 4.78 is 44.1. The molecule has 31 heavy (non-hydrogen) atoms. The van der Waals surface area contributed by atoms with Gasteiger partial charge in [0.1, 0.15) is 11.5 Å². The van der Waals surface area contributed by atoms with E-state index in [-0.39, 0.29) is 5.91 Å². The van der Waals surface area contributed by atoms with Gasteiger partial charge in [0.05, 0.1) is 5.56 Å². The molecule has 4 rings (SSSR count). The summed E-state index contributed by atoms with van der Waals surface area (Å²) in [7, 11) is 0. The summed E-state index contributed by atoms with van der Waals surface area (Å²) in [6, 6.07) is 16.1. The number of halogens is 3. The molecule has 1 fully saturated rings. The number of carbonyl (C=O) groups is 1. The molecule has 0 aliphatic carbocycles. The monoisotopic (exact) mass is 428 g/mol. The van der Waals surface area contributed by atoms with Crippen molar-refractivity contribution >= 4 is 16.7 Å². The van der Waals surface area contributed by atoms with Crippen molar-refractivity contribution in [2.45, 2.75) is 32.1 Å². The van der Waals surface area contributed by atoms with Gasteiger partial charge in [-0.15, -0.1) is 0 Å². The predicted octanol–water partition coefficient (Wildman–Crippen LogP) is 5.47. The number of nitrogens with zero attached hydrogens (tertiary/aromatic N) is 1. The van der Waals surface area contributed by atoms with Crippen molar-refractivity contribution in [2.24, 2.45) is 0 Å². The van der Waals surface area contributed by atoms with E-state index in [4.69, 9.17) is 4.74 Å². The van der Waals surface area contributed by atoms with Gasteiger partial charge in [-0.05, 0) is 53.9 Å². The third kappa shape index (κ3) is 4.66. The Kier molecular flexibility index (Phi) is 5.62. The number of ether oxygens (including phenoxy) is 1. The molecular formula is C24H23F3N2O2. The number of fused-ring (bicyclic) bond motifs is 1. The molecule has 1 amide bonds. The van der Waals surface area contributed by atoms with Crippen molar-refractivity contribution in [3.63, 3.8) is 0 Å². The molecule has 1 aliphatic rings. The molecule has 1 saturated heterocycles. The van der Waals surface area contributed by atoms with E-state index in [1.807, 2.05) is 23.1 Å². The lowest BCUT2D eigenvalue weighted by atomic mass is 10.0. The number of nitrogens with one attached hydrogen (secondary N) is 1. The summed E-state index contributed by atoms with van der Waals surface area (Å²) in [6.45, 7) is 5.54. The minimum Gasteiger partial charge on any atom is -0.457 e. The van der Waals surface area contributed by atoms with Crippen LogP contribution in [0.2, 0.25) is 0 Å². The van der Waals surface area contributed by atoms with Crippen molar-refractivity contribution in [1.82, 2.24) is 10.2 Å². The van der Waals surface area contributed by atoms with Crippen LogP contribution in [0.5, 0.6) is 11.5 Å². The smallest absolute Gasteiger partial charge is 0.416 e. The van der Waals surface area contributed by atoms with Crippen LogP contribution >= 0.6 is 0 Å². The molecule has 3 aromatic carbocycles. The van der Waals surface area contributed by atoms with E-state index >= 15 is 0 Å². The number of hydrogen-bond acceptors (Lipinski definition) is 3. The standard InChI is InChI=1S/C24H23F3N2O2/c1-15(2)28-19-13-29(14-19)23(30)17-6-11-21-16(12-17)4-3-5-22(21)31-20-9-7-18(8-10-20)24(25,26)27/h3-12,15,19,28H,13-14H2,1-2H3. The second kappa shape index (κ2) is 8.23. The fourth-order valence-electron chi connectivity index (χ4n) is 3.72. The summed E-state index contributed by atoms with van der Waals surface area (Å²) in [5, 5.41) is 5.02. The molecule has 1 aliphatic heterocycles. The summed E-state index contributed by atoms with van der Waals surface area (Å²) in [6.07, 6.45) is -4.39. The Bertz CT molecular complexity index is 1090. The van der Waals surface area contributed by atoms with Gasteiger partial charge in [0.2, 0.25) is 0 Å². The maximum atomic E-state index is 12.8. The van der Waals surface area contributed by atoms with Crippen molar-refractivity contribution in [2.75, 3.05) is 13.1 Å². The summed E-state index contributed by atoms with van der Waals surface area (Å²) in [5.74, 6) is 0.809. The first-order chi connectivity index (χ1) is 14.7. The summed E-state index contributed by atoms with van der Waals surface area (Å²) >= 11 is 0. The van der Waals surface area contributed by atoms with Crippen LogP contribution in [0.4, 0.5) is 13.2 Å². The van der Waals surface area contributed by atoms with E-state index in [0.29, 0.717) is 42.2 Å². The fraction of sp³-hybridized carbons (Fsp3) is 0.292. The van der Waals surface area contributed by atoms with Crippen LogP contribution in [-0.2, 0) is 6.18 Å². The zero-order valence-electron chi connectivity index (χ0n) is 17.2. The van der Waals surface area contributed by atoms with Gasteiger partial charge in [-0.25, -0.2) is 0 Å². The Hall–Kier alpha value is -3.06. The zero-order valence-corrected chi connectivity index (χ0v) is 17.2. The minimum absolute atomic E-state index is 0.0160. The summed E-state index contributed by atoms with van der Waals surface area (Å²) in [4.78, 5) is 14.6. The van der Waals surface area contributed by atoms with Gasteiger partial charge in [-0.3, -0.25) is 4.79 Å². The Balaban J connectivity index is 1.50. The second-order valence-electron chi connectivity index (χ2n) is 8.04. The normalized spacial score (nSPS) is 14.7. The average molecular weight is 428 g/mol. The predicted molar refractivity (Wildman–Crippen MR) is 113 cm³/mol. The zero-order chi connectivity index (χ0) is 22.2. The second-order valence-corrected chi connectivity index (χ2v) is 8.04. The number of rotatable bonds is 5. The lowest BCUT2D eigenvalue weighted by molar-refractivity contribution is -0.137. The van der Waals surface area contributed by atoms with Gasteiger partial charge in [0, 0.05) is 36.1 Å². The van der Waals surface area contributed by atoms with E-state index in [1.165, 1.54) is 12.1 Å². The molecular weight excluding hydrogens is 405 g/mol. The molecule has 4 nitrogen and oxygen atoms in total. The van der Waals surface area contributed by atoms with Crippen LogP contribution in [0.1, 0.15) is 29.8 Å². The minimum atomic E-state index is -4.39. The first kappa shape index (κ1) is 21.2. The third-order valence-electron chi connectivity index (χ3n) is 5.23. The molecule has 0 unspecified atom stereocenters. The first-order valence-corrected chi connectivity index (χ1v) is 10.1. The molecule has 0 aromatic heterocycles. The number of hydrogen-bond donors (Lipinski definition) is 1. The molecule has 1 N–H and O–H groups in total. The van der Waals surface area contributed by atoms with Crippen LogP contribution in [0.25, 0.3) is 10.8 Å². The third-order valence-corrected chi connectivity index (χ3v) is 5.23. The molecule has 7 heteroatoms. The largest absolute Gasteiger partial charge is 0.457 e. The van der Waals surface area contributed by atoms with Crippen LogP contribution in [0.15, 0.2) is 60.7 Å². The Morgan fingerprint density at radius 3 is 2.42 bits per heavy atom. The van der Waals surface area contributed by atoms with Crippen LogP contribution in [0.3, 0.4) is 0 Å². The average Bonchev–Trinajstić information content (AvgIpc) is 2.69. The van der Waals surface area contributed by atoms with Gasteiger partial charge in [0.15, 0.2) is 0 Å². The highest BCUT2D eigenvalue weighted by molar-refractivity contribution is 6.00. The Morgan fingerprint density at radius 2 is 1.77 bits per heavy atom. The van der Waals surface area contributed by atoms with Gasteiger partial charge in [-0.2, -0.15) is 13.2 Å². The highest BCUT2D eigenvalue weighted by Crippen LogP contribution is 2.34. The quantitative estimate of drug-likeness (QED) is 0.586. The summed E-state index contributed by atoms with van der Waals surface area (Å²) in [5.41, 5.74) is -0.125. The van der Waals surface area contributed by atoms with Crippen molar-refractivity contribution in [3.8, 4) is 11.5 Å². The van der Waals surface area contributed by atoms with Crippen LogP contribution < -0.4 is 10.1 Å². The van der Waals surface area contributed by atoms with Crippen molar-refractivity contribution in [3.05, 3.63) is 71.8 Å². The molecule has 0 radical (unpaired) electrons. The lowest BCUT2D eigenvalue weighted by Crippen LogP contribution is -2.61. The molecule has 162 valence electrons. The van der Waals surface area contributed by atoms with Gasteiger partial charge in [0.25, 0.3) is 5.91 Å².